The second kappa shape index (κ2) is 5.91. The molecular weight excluding hydrogens is 339 g/mol. The highest BCUT2D eigenvalue weighted by Gasteiger charge is 2.22. The van der Waals surface area contributed by atoms with E-state index in [2.05, 4.69) is 0 Å². The molecule has 2 N–H and O–H groups in total. The van der Waals surface area contributed by atoms with Crippen molar-refractivity contribution in [3.8, 4) is 0 Å². The number of nitrogens with zero attached hydrogens (tertiary/aromatic N) is 1. The summed E-state index contributed by atoms with van der Waals surface area (Å²) in [4.78, 5) is 0.979. The topological polar surface area (TPSA) is 63.4 Å². The van der Waals surface area contributed by atoms with E-state index in [-0.39, 0.29) is 17.1 Å². The van der Waals surface area contributed by atoms with Gasteiger partial charge in [0.05, 0.1) is 19.9 Å². The maximum atomic E-state index is 12.4. The van der Waals surface area contributed by atoms with Gasteiger partial charge < -0.3 is 5.73 Å². The number of halogens is 2. The van der Waals surface area contributed by atoms with E-state index in [0.29, 0.717) is 9.36 Å². The molecule has 0 fully saturated rings. The molecule has 1 heterocycles. The second-order valence-corrected chi connectivity index (χ2v) is 8.40. The number of hydrogen-bond acceptors (Lipinski definition) is 4. The van der Waals surface area contributed by atoms with Gasteiger partial charge in [0.25, 0.3) is 0 Å². The Morgan fingerprint density at radius 2 is 1.95 bits per heavy atom. The molecule has 0 unspecified atom stereocenters. The minimum Gasteiger partial charge on any atom is -0.397 e. The van der Waals surface area contributed by atoms with Crippen molar-refractivity contribution in [2.24, 2.45) is 0 Å². The molecule has 20 heavy (non-hydrogen) atoms. The van der Waals surface area contributed by atoms with E-state index in [1.807, 2.05) is 0 Å². The van der Waals surface area contributed by atoms with Crippen molar-refractivity contribution in [1.82, 2.24) is 4.31 Å². The predicted molar refractivity (Wildman–Crippen MR) is 83.8 cm³/mol. The molecule has 0 saturated heterocycles. The highest BCUT2D eigenvalue weighted by Crippen LogP contribution is 2.27. The molecule has 2 aromatic rings. The lowest BCUT2D eigenvalue weighted by Gasteiger charge is -2.16. The summed E-state index contributed by atoms with van der Waals surface area (Å²) < 4.78 is 26.7. The quantitative estimate of drug-likeness (QED) is 0.858. The third-order valence-electron chi connectivity index (χ3n) is 2.68. The van der Waals surface area contributed by atoms with Crippen LogP contribution in [0.25, 0.3) is 0 Å². The van der Waals surface area contributed by atoms with Crippen molar-refractivity contribution in [2.45, 2.75) is 11.4 Å². The number of thiophene rings is 1. The van der Waals surface area contributed by atoms with Crippen molar-refractivity contribution < 1.29 is 8.42 Å². The van der Waals surface area contributed by atoms with Crippen LogP contribution in [0.5, 0.6) is 0 Å². The van der Waals surface area contributed by atoms with Crippen LogP contribution in [0, 0.1) is 0 Å². The van der Waals surface area contributed by atoms with Crippen LogP contribution in [-0.4, -0.2) is 19.8 Å². The van der Waals surface area contributed by atoms with E-state index in [9.17, 15) is 8.42 Å². The zero-order valence-electron chi connectivity index (χ0n) is 10.5. The second-order valence-electron chi connectivity index (χ2n) is 4.15. The number of hydrogen-bond donors (Lipinski definition) is 1. The van der Waals surface area contributed by atoms with Crippen molar-refractivity contribution in [1.29, 1.82) is 0 Å². The van der Waals surface area contributed by atoms with Crippen LogP contribution in [0.2, 0.25) is 9.36 Å². The first kappa shape index (κ1) is 15.6. The molecule has 1 aromatic carbocycles. The van der Waals surface area contributed by atoms with Gasteiger partial charge in [0.15, 0.2) is 0 Å². The number of rotatable bonds is 4. The van der Waals surface area contributed by atoms with E-state index >= 15 is 0 Å². The fourth-order valence-electron chi connectivity index (χ4n) is 1.60. The van der Waals surface area contributed by atoms with Gasteiger partial charge in [-0.15, -0.1) is 11.3 Å². The zero-order valence-corrected chi connectivity index (χ0v) is 13.7. The predicted octanol–water partition coefficient (Wildman–Crippen LogP) is 3.46. The smallest absolute Gasteiger partial charge is 0.243 e. The molecule has 0 saturated carbocycles. The fraction of sp³-hybridized carbons (Fsp3) is 0.167. The number of nitrogens with two attached hydrogens (primary N) is 1. The summed E-state index contributed by atoms with van der Waals surface area (Å²) in [5, 5.41) is 0.330. The van der Waals surface area contributed by atoms with Crippen LogP contribution in [-0.2, 0) is 16.6 Å². The highest BCUT2D eigenvalue weighted by molar-refractivity contribution is 7.89. The number of benzene rings is 1. The minimum absolute atomic E-state index is 0.115. The summed E-state index contributed by atoms with van der Waals surface area (Å²) in [7, 11) is -2.10. The Kier molecular flexibility index (Phi) is 4.61. The van der Waals surface area contributed by atoms with Gasteiger partial charge in [0, 0.05) is 18.5 Å². The summed E-state index contributed by atoms with van der Waals surface area (Å²) in [6.07, 6.45) is 0. The molecule has 0 atom stereocenters. The normalized spacial score (nSPS) is 12.0. The van der Waals surface area contributed by atoms with Crippen LogP contribution in [0.4, 0.5) is 5.69 Å². The number of sulfonamides is 1. The van der Waals surface area contributed by atoms with Crippen LogP contribution in [0.1, 0.15) is 4.88 Å². The van der Waals surface area contributed by atoms with E-state index in [1.165, 1.54) is 40.9 Å². The SMILES string of the molecule is CN(Cc1ccc(Cl)s1)S(=O)(=O)c1ccc(Cl)c(N)c1. The maximum absolute atomic E-state index is 12.4. The Morgan fingerprint density at radius 1 is 1.25 bits per heavy atom. The molecule has 2 rings (SSSR count). The van der Waals surface area contributed by atoms with Crippen molar-refractivity contribution in [3.63, 3.8) is 0 Å². The van der Waals surface area contributed by atoms with Gasteiger partial charge >= 0.3 is 0 Å². The van der Waals surface area contributed by atoms with Gasteiger partial charge in [-0.25, -0.2) is 8.42 Å². The molecule has 4 nitrogen and oxygen atoms in total. The molecule has 0 aliphatic carbocycles. The molecule has 0 aliphatic heterocycles. The highest BCUT2D eigenvalue weighted by atomic mass is 35.5. The van der Waals surface area contributed by atoms with Gasteiger partial charge in [-0.2, -0.15) is 4.31 Å². The monoisotopic (exact) mass is 350 g/mol. The molecule has 0 aliphatic rings. The van der Waals surface area contributed by atoms with Crippen LogP contribution < -0.4 is 5.73 Å². The van der Waals surface area contributed by atoms with E-state index in [1.54, 1.807) is 12.1 Å². The lowest BCUT2D eigenvalue weighted by molar-refractivity contribution is 0.469. The maximum Gasteiger partial charge on any atom is 0.243 e. The minimum atomic E-state index is -3.61. The lowest BCUT2D eigenvalue weighted by Crippen LogP contribution is -2.26. The first-order valence-electron chi connectivity index (χ1n) is 5.56. The van der Waals surface area contributed by atoms with Crippen molar-refractivity contribution in [3.05, 3.63) is 44.6 Å². The number of nitrogen functional groups attached to an aromatic ring is 1. The van der Waals surface area contributed by atoms with Crippen LogP contribution in [0.3, 0.4) is 0 Å². The largest absolute Gasteiger partial charge is 0.397 e. The summed E-state index contributed by atoms with van der Waals surface area (Å²) in [6.45, 7) is 0.252. The number of anilines is 1. The fourth-order valence-corrected chi connectivity index (χ4v) is 4.13. The first-order valence-corrected chi connectivity index (χ1v) is 8.57. The Labute approximate surface area is 131 Å². The van der Waals surface area contributed by atoms with Crippen molar-refractivity contribution in [2.75, 3.05) is 12.8 Å². The molecule has 108 valence electrons. The van der Waals surface area contributed by atoms with Crippen molar-refractivity contribution >= 4 is 50.2 Å². The Morgan fingerprint density at radius 3 is 2.50 bits per heavy atom. The van der Waals surface area contributed by atoms with E-state index < -0.39 is 10.0 Å². The zero-order chi connectivity index (χ0) is 14.9. The van der Waals surface area contributed by atoms with Gasteiger partial charge in [-0.05, 0) is 30.3 Å². The molecule has 0 bridgehead atoms. The summed E-state index contributed by atoms with van der Waals surface area (Å²) in [5.41, 5.74) is 5.88. The average Bonchev–Trinajstić information content (AvgIpc) is 2.78. The Balaban J connectivity index is 2.27. The summed E-state index contributed by atoms with van der Waals surface area (Å²) >= 11 is 13.0. The molecule has 0 spiro atoms. The molecule has 1 aromatic heterocycles. The summed E-state index contributed by atoms with van der Waals surface area (Å²) in [6, 6.07) is 7.80. The molecular formula is C12H12Cl2N2O2S2. The summed E-state index contributed by atoms with van der Waals surface area (Å²) in [5.74, 6) is 0. The molecule has 0 amide bonds. The van der Waals surface area contributed by atoms with Gasteiger partial charge in [0.1, 0.15) is 0 Å². The average molecular weight is 351 g/mol. The Hall–Kier alpha value is -0.790. The lowest BCUT2D eigenvalue weighted by atomic mass is 10.3. The third kappa shape index (κ3) is 3.27. The van der Waals surface area contributed by atoms with Crippen LogP contribution in [0.15, 0.2) is 35.2 Å². The van der Waals surface area contributed by atoms with Gasteiger partial charge in [-0.1, -0.05) is 23.2 Å². The standard InChI is InChI=1S/C12H12Cl2N2O2S2/c1-16(7-8-2-5-12(14)19-8)20(17,18)9-3-4-10(13)11(15)6-9/h2-6H,7,15H2,1H3. The van der Waals surface area contributed by atoms with Gasteiger partial charge in [-0.3, -0.25) is 0 Å². The van der Waals surface area contributed by atoms with Crippen LogP contribution >= 0.6 is 34.5 Å². The molecule has 8 heteroatoms. The van der Waals surface area contributed by atoms with E-state index in [4.69, 9.17) is 28.9 Å². The van der Waals surface area contributed by atoms with Gasteiger partial charge in [0.2, 0.25) is 10.0 Å². The third-order valence-corrected chi connectivity index (χ3v) is 6.04. The Bertz CT molecular complexity index is 729. The molecule has 0 radical (unpaired) electrons. The van der Waals surface area contributed by atoms with E-state index in [0.717, 1.165) is 4.88 Å². The first-order chi connectivity index (χ1) is 9.30.